The second-order valence-corrected chi connectivity index (χ2v) is 9.67. The molecule has 0 radical (unpaired) electrons. The van der Waals surface area contributed by atoms with E-state index in [1.165, 1.54) is 17.4 Å². The third-order valence-corrected chi connectivity index (χ3v) is 6.77. The minimum absolute atomic E-state index is 0.0830. The zero-order chi connectivity index (χ0) is 28.3. The Morgan fingerprint density at radius 2 is 1.45 bits per heavy atom. The summed E-state index contributed by atoms with van der Waals surface area (Å²) in [7, 11) is 1.55. The molecule has 40 heavy (non-hydrogen) atoms. The van der Waals surface area contributed by atoms with E-state index >= 15 is 0 Å². The molecule has 4 aromatic rings. The van der Waals surface area contributed by atoms with Gasteiger partial charge in [-0.3, -0.25) is 4.90 Å². The van der Waals surface area contributed by atoms with E-state index < -0.39 is 18.1 Å². The predicted octanol–water partition coefficient (Wildman–Crippen LogP) is 7.11. The number of carboxylic acid groups (broad SMARTS) is 1. The molecule has 0 saturated heterocycles. The summed E-state index contributed by atoms with van der Waals surface area (Å²) in [6, 6.07) is 27.7. The van der Waals surface area contributed by atoms with Crippen molar-refractivity contribution < 1.29 is 28.9 Å². The molecule has 7 nitrogen and oxygen atoms in total. The van der Waals surface area contributed by atoms with Crippen LogP contribution in [0.5, 0.6) is 17.2 Å². The summed E-state index contributed by atoms with van der Waals surface area (Å²) in [5, 5.41) is 11.6. The van der Waals surface area contributed by atoms with Gasteiger partial charge in [-0.15, -0.1) is 0 Å². The molecule has 1 atom stereocenters. The summed E-state index contributed by atoms with van der Waals surface area (Å²) >= 11 is 0. The maximum Gasteiger partial charge on any atom is 0.416 e. The van der Waals surface area contributed by atoms with Gasteiger partial charge in [0, 0.05) is 6.54 Å². The number of methoxy groups -OCH3 is 1. The lowest BCUT2D eigenvalue weighted by Crippen LogP contribution is -2.44. The lowest BCUT2D eigenvalue weighted by atomic mass is 10.1. The van der Waals surface area contributed by atoms with Crippen molar-refractivity contribution in [2.45, 2.75) is 45.2 Å². The first kappa shape index (κ1) is 28.5. The molecule has 0 aliphatic carbocycles. The smallest absolute Gasteiger partial charge is 0.416 e. The van der Waals surface area contributed by atoms with Crippen LogP contribution in [-0.2, 0) is 17.8 Å². The Morgan fingerprint density at radius 1 is 0.775 bits per heavy atom. The van der Waals surface area contributed by atoms with Crippen LogP contribution in [-0.4, -0.2) is 41.8 Å². The van der Waals surface area contributed by atoms with Gasteiger partial charge in [0.25, 0.3) is 0 Å². The van der Waals surface area contributed by atoms with Gasteiger partial charge in [0.2, 0.25) is 0 Å². The van der Waals surface area contributed by atoms with Crippen molar-refractivity contribution >= 4 is 22.8 Å². The molecule has 0 bridgehead atoms. The van der Waals surface area contributed by atoms with E-state index in [1.54, 1.807) is 31.4 Å². The van der Waals surface area contributed by atoms with Crippen molar-refractivity contribution in [3.05, 3.63) is 102 Å². The zero-order valence-corrected chi connectivity index (χ0v) is 22.9. The zero-order valence-electron chi connectivity index (χ0n) is 22.9. The average Bonchev–Trinajstić information content (AvgIpc) is 2.98. The van der Waals surface area contributed by atoms with Gasteiger partial charge in [0.1, 0.15) is 23.3 Å². The standard InChI is InChI=1S/C33H35NO6/c1-24(32(35)36)34(33(37)40-30-18-16-29(38-2)17-19-30)23-26-12-13-28-22-31(15-14-27(28)21-26)39-20-8-4-7-11-25-9-5-3-6-10-25/h3,5-6,9-10,12-19,21-22,24H,4,7-8,11,20,23H2,1-2H3,(H,35,36). The summed E-state index contributed by atoms with van der Waals surface area (Å²) in [4.78, 5) is 25.9. The van der Waals surface area contributed by atoms with Crippen LogP contribution in [0.2, 0.25) is 0 Å². The Bertz CT molecular complexity index is 1400. The molecule has 4 aromatic carbocycles. The van der Waals surface area contributed by atoms with Crippen LogP contribution in [0.3, 0.4) is 0 Å². The first-order valence-corrected chi connectivity index (χ1v) is 13.5. The Kier molecular flexibility index (Phi) is 9.99. The van der Waals surface area contributed by atoms with Crippen molar-refractivity contribution in [2.75, 3.05) is 13.7 Å². The minimum atomic E-state index is -1.12. The van der Waals surface area contributed by atoms with Crippen LogP contribution in [0.4, 0.5) is 4.79 Å². The normalized spacial score (nSPS) is 11.6. The number of unbranched alkanes of at least 4 members (excludes halogenated alkanes) is 2. The van der Waals surface area contributed by atoms with E-state index in [9.17, 15) is 14.7 Å². The molecule has 0 saturated carbocycles. The molecule has 4 rings (SSSR count). The number of hydrogen-bond acceptors (Lipinski definition) is 5. The molecule has 1 amide bonds. The number of carbonyl (C=O) groups is 2. The molecule has 0 aromatic heterocycles. The van der Waals surface area contributed by atoms with E-state index in [1.807, 2.05) is 42.5 Å². The van der Waals surface area contributed by atoms with Gasteiger partial charge in [-0.2, -0.15) is 0 Å². The molecule has 1 unspecified atom stereocenters. The van der Waals surface area contributed by atoms with Crippen molar-refractivity contribution in [3.63, 3.8) is 0 Å². The Labute approximate surface area is 234 Å². The average molecular weight is 542 g/mol. The highest BCUT2D eigenvalue weighted by atomic mass is 16.6. The van der Waals surface area contributed by atoms with Crippen molar-refractivity contribution in [1.29, 1.82) is 0 Å². The lowest BCUT2D eigenvalue weighted by molar-refractivity contribution is -0.142. The van der Waals surface area contributed by atoms with Gasteiger partial charge >= 0.3 is 12.1 Å². The van der Waals surface area contributed by atoms with Crippen LogP contribution < -0.4 is 14.2 Å². The summed E-state index contributed by atoms with van der Waals surface area (Å²) < 4.78 is 16.6. The molecule has 7 heteroatoms. The topological polar surface area (TPSA) is 85.3 Å². The van der Waals surface area contributed by atoms with Crippen molar-refractivity contribution in [3.8, 4) is 17.2 Å². The Morgan fingerprint density at radius 3 is 2.17 bits per heavy atom. The first-order valence-electron chi connectivity index (χ1n) is 13.5. The van der Waals surface area contributed by atoms with E-state index in [2.05, 4.69) is 24.3 Å². The van der Waals surface area contributed by atoms with E-state index in [0.717, 1.165) is 47.8 Å². The van der Waals surface area contributed by atoms with Crippen molar-refractivity contribution in [2.24, 2.45) is 0 Å². The van der Waals surface area contributed by atoms with Crippen LogP contribution in [0.15, 0.2) is 91.0 Å². The first-order chi connectivity index (χ1) is 19.4. The van der Waals surface area contributed by atoms with E-state index in [0.29, 0.717) is 18.1 Å². The molecule has 0 fully saturated rings. The highest BCUT2D eigenvalue weighted by molar-refractivity contribution is 5.85. The van der Waals surface area contributed by atoms with Gasteiger partial charge < -0.3 is 19.3 Å². The van der Waals surface area contributed by atoms with Gasteiger partial charge in [0.05, 0.1) is 13.7 Å². The summed E-state index contributed by atoms with van der Waals surface area (Å²) in [5.41, 5.74) is 2.16. The lowest BCUT2D eigenvalue weighted by Gasteiger charge is -2.26. The number of aliphatic carboxylic acids is 1. The number of nitrogens with zero attached hydrogens (tertiary/aromatic N) is 1. The highest BCUT2D eigenvalue weighted by Crippen LogP contribution is 2.24. The summed E-state index contributed by atoms with van der Waals surface area (Å²) in [6.45, 7) is 2.21. The SMILES string of the molecule is COc1ccc(OC(=O)N(Cc2ccc3cc(OCCCCCc4ccccc4)ccc3c2)C(C)C(=O)O)cc1. The highest BCUT2D eigenvalue weighted by Gasteiger charge is 2.27. The van der Waals surface area contributed by atoms with Crippen LogP contribution in [0.1, 0.15) is 37.3 Å². The predicted molar refractivity (Wildman–Crippen MR) is 155 cm³/mol. The molecule has 0 aliphatic rings. The number of benzene rings is 4. The molecule has 208 valence electrons. The molecule has 0 spiro atoms. The Hall–Kier alpha value is -4.52. The number of aryl methyl sites for hydroxylation is 1. The maximum absolute atomic E-state index is 13.0. The monoisotopic (exact) mass is 541 g/mol. The second-order valence-electron chi connectivity index (χ2n) is 9.67. The minimum Gasteiger partial charge on any atom is -0.497 e. The number of carboxylic acids is 1. The van der Waals surface area contributed by atoms with Gasteiger partial charge in [-0.1, -0.05) is 48.5 Å². The molecule has 0 heterocycles. The van der Waals surface area contributed by atoms with Crippen LogP contribution in [0, 0.1) is 0 Å². The molecular formula is C33H35NO6. The van der Waals surface area contributed by atoms with Gasteiger partial charge in [-0.05, 0) is 97.0 Å². The molecular weight excluding hydrogens is 506 g/mol. The number of hydrogen-bond donors (Lipinski definition) is 1. The summed E-state index contributed by atoms with van der Waals surface area (Å²) in [5.74, 6) is 0.622. The largest absolute Gasteiger partial charge is 0.497 e. The number of ether oxygens (including phenoxy) is 3. The Balaban J connectivity index is 1.34. The quantitative estimate of drug-likeness (QED) is 0.182. The number of fused-ring (bicyclic) bond motifs is 1. The van der Waals surface area contributed by atoms with Gasteiger partial charge in [-0.25, -0.2) is 9.59 Å². The fourth-order valence-electron chi connectivity index (χ4n) is 4.40. The van der Waals surface area contributed by atoms with E-state index in [-0.39, 0.29) is 6.54 Å². The number of amides is 1. The fraction of sp³-hybridized carbons (Fsp3) is 0.273. The van der Waals surface area contributed by atoms with Gasteiger partial charge in [0.15, 0.2) is 0 Å². The third-order valence-electron chi connectivity index (χ3n) is 6.77. The third kappa shape index (κ3) is 7.99. The van der Waals surface area contributed by atoms with Crippen molar-refractivity contribution in [1.82, 2.24) is 4.90 Å². The molecule has 0 aliphatic heterocycles. The van der Waals surface area contributed by atoms with Crippen LogP contribution in [0.25, 0.3) is 10.8 Å². The fourth-order valence-corrected chi connectivity index (χ4v) is 4.40. The maximum atomic E-state index is 13.0. The van der Waals surface area contributed by atoms with Crippen LogP contribution >= 0.6 is 0 Å². The number of carbonyl (C=O) groups excluding carboxylic acids is 1. The van der Waals surface area contributed by atoms with E-state index in [4.69, 9.17) is 14.2 Å². The molecule has 1 N–H and O–H groups in total. The second kappa shape index (κ2) is 14.0. The number of rotatable bonds is 13. The summed E-state index contributed by atoms with van der Waals surface area (Å²) in [6.07, 6.45) is 3.58.